The van der Waals surface area contributed by atoms with Gasteiger partial charge in [-0.05, 0) is 31.5 Å². The zero-order chi connectivity index (χ0) is 17.7. The van der Waals surface area contributed by atoms with Crippen molar-refractivity contribution < 1.29 is 19.0 Å². The summed E-state index contributed by atoms with van der Waals surface area (Å²) in [6.07, 6.45) is 0.329. The van der Waals surface area contributed by atoms with Gasteiger partial charge in [0.25, 0.3) is 0 Å². The Balaban J connectivity index is 1.94. The Labute approximate surface area is 144 Å². The number of amides is 1. The highest BCUT2D eigenvalue weighted by Gasteiger charge is 2.24. The lowest BCUT2D eigenvalue weighted by Crippen LogP contribution is -2.49. The van der Waals surface area contributed by atoms with Crippen molar-refractivity contribution in [1.82, 2.24) is 9.80 Å². The summed E-state index contributed by atoms with van der Waals surface area (Å²) in [4.78, 5) is 16.4. The average Bonchev–Trinajstić information content (AvgIpc) is 2.53. The smallest absolute Gasteiger partial charge is 0.236 e. The number of carbonyl (C=O) groups is 1. The molecule has 0 radical (unpaired) electrons. The summed E-state index contributed by atoms with van der Waals surface area (Å²) in [7, 11) is 5.04. The summed E-state index contributed by atoms with van der Waals surface area (Å²) in [5.74, 6) is 1.46. The lowest BCUT2D eigenvalue weighted by Gasteiger charge is -2.35. The number of methoxy groups -OCH3 is 2. The highest BCUT2D eigenvalue weighted by atomic mass is 16.5. The molecule has 1 saturated heterocycles. The number of morpholine rings is 1. The third kappa shape index (κ3) is 4.85. The molecule has 0 aliphatic carbocycles. The minimum atomic E-state index is 0.103. The minimum Gasteiger partial charge on any atom is -0.493 e. The molecule has 1 aromatic rings. The summed E-state index contributed by atoms with van der Waals surface area (Å²) in [6, 6.07) is 5.71. The van der Waals surface area contributed by atoms with Gasteiger partial charge in [0, 0.05) is 26.7 Å². The van der Waals surface area contributed by atoms with E-state index in [1.807, 2.05) is 39.1 Å². The van der Waals surface area contributed by atoms with E-state index in [0.717, 1.165) is 18.7 Å². The molecule has 0 N–H and O–H groups in total. The van der Waals surface area contributed by atoms with Crippen LogP contribution in [-0.4, -0.2) is 68.8 Å². The van der Waals surface area contributed by atoms with E-state index in [4.69, 9.17) is 14.2 Å². The van der Waals surface area contributed by atoms with E-state index < -0.39 is 0 Å². The molecule has 0 bridgehead atoms. The number of carbonyl (C=O) groups excluding carboxylic acids is 1. The Morgan fingerprint density at radius 3 is 2.42 bits per heavy atom. The first-order valence-electron chi connectivity index (χ1n) is 8.25. The molecule has 1 aromatic carbocycles. The molecule has 1 aliphatic rings. The highest BCUT2D eigenvalue weighted by Crippen LogP contribution is 2.27. The van der Waals surface area contributed by atoms with E-state index in [-0.39, 0.29) is 18.1 Å². The van der Waals surface area contributed by atoms with Gasteiger partial charge < -0.3 is 19.1 Å². The fourth-order valence-electron chi connectivity index (χ4n) is 3.07. The Morgan fingerprint density at radius 1 is 1.21 bits per heavy atom. The molecule has 0 saturated carbocycles. The van der Waals surface area contributed by atoms with Crippen LogP contribution in [0, 0.1) is 0 Å². The molecule has 2 rings (SSSR count). The standard InChI is InChI=1S/C18H28N2O4/c1-13-9-20(10-14(2)24-13)12-18(21)19(3)11-15-6-7-16(22-4)17(8-15)23-5/h6-8,13-14H,9-12H2,1-5H3. The first-order chi connectivity index (χ1) is 11.4. The second kappa shape index (κ2) is 8.35. The van der Waals surface area contributed by atoms with Gasteiger partial charge in [0.15, 0.2) is 11.5 Å². The van der Waals surface area contributed by atoms with Crippen molar-refractivity contribution in [3.05, 3.63) is 23.8 Å². The van der Waals surface area contributed by atoms with Crippen LogP contribution in [0.4, 0.5) is 0 Å². The van der Waals surface area contributed by atoms with Crippen molar-refractivity contribution in [2.45, 2.75) is 32.6 Å². The van der Waals surface area contributed by atoms with Gasteiger partial charge in [-0.1, -0.05) is 6.07 Å². The number of hydrogen-bond acceptors (Lipinski definition) is 5. The predicted molar refractivity (Wildman–Crippen MR) is 92.5 cm³/mol. The van der Waals surface area contributed by atoms with Crippen LogP contribution in [-0.2, 0) is 16.1 Å². The predicted octanol–water partition coefficient (Wildman–Crippen LogP) is 1.77. The Morgan fingerprint density at radius 2 is 1.83 bits per heavy atom. The summed E-state index contributed by atoms with van der Waals surface area (Å²) < 4.78 is 16.3. The second-order valence-corrected chi connectivity index (χ2v) is 6.39. The summed E-state index contributed by atoms with van der Waals surface area (Å²) in [5, 5.41) is 0. The Hall–Kier alpha value is -1.79. The van der Waals surface area contributed by atoms with E-state index in [9.17, 15) is 4.79 Å². The largest absolute Gasteiger partial charge is 0.493 e. The molecule has 1 aliphatic heterocycles. The molecule has 2 atom stereocenters. The molecule has 6 nitrogen and oxygen atoms in total. The molecular formula is C18H28N2O4. The SMILES string of the molecule is COc1ccc(CN(C)C(=O)CN2CC(C)OC(C)C2)cc1OC. The van der Waals surface area contributed by atoms with Gasteiger partial charge in [-0.3, -0.25) is 9.69 Å². The van der Waals surface area contributed by atoms with Crippen LogP contribution in [0.5, 0.6) is 11.5 Å². The van der Waals surface area contributed by atoms with E-state index in [1.54, 1.807) is 19.1 Å². The van der Waals surface area contributed by atoms with Crippen LogP contribution in [0.1, 0.15) is 19.4 Å². The minimum absolute atomic E-state index is 0.103. The van der Waals surface area contributed by atoms with Crippen LogP contribution in [0.15, 0.2) is 18.2 Å². The number of nitrogens with zero attached hydrogens (tertiary/aromatic N) is 2. The van der Waals surface area contributed by atoms with Crippen molar-refractivity contribution in [3.8, 4) is 11.5 Å². The first kappa shape index (κ1) is 18.5. The number of hydrogen-bond donors (Lipinski definition) is 0. The normalized spacial score (nSPS) is 21.4. The van der Waals surface area contributed by atoms with Gasteiger partial charge >= 0.3 is 0 Å². The van der Waals surface area contributed by atoms with Crippen LogP contribution < -0.4 is 9.47 Å². The van der Waals surface area contributed by atoms with E-state index in [1.165, 1.54) is 0 Å². The molecular weight excluding hydrogens is 308 g/mol. The van der Waals surface area contributed by atoms with E-state index in [0.29, 0.717) is 24.6 Å². The summed E-state index contributed by atoms with van der Waals surface area (Å²) in [5.41, 5.74) is 1.01. The average molecular weight is 336 g/mol. The molecule has 1 amide bonds. The van der Waals surface area contributed by atoms with Crippen LogP contribution in [0.3, 0.4) is 0 Å². The molecule has 0 spiro atoms. The number of benzene rings is 1. The topological polar surface area (TPSA) is 51.2 Å². The zero-order valence-electron chi connectivity index (χ0n) is 15.2. The van der Waals surface area contributed by atoms with Gasteiger partial charge in [0.1, 0.15) is 0 Å². The molecule has 6 heteroatoms. The maximum Gasteiger partial charge on any atom is 0.236 e. The van der Waals surface area contributed by atoms with Crippen LogP contribution in [0.2, 0.25) is 0 Å². The molecule has 1 fully saturated rings. The Bertz CT molecular complexity index is 554. The molecule has 134 valence electrons. The number of likely N-dealkylation sites (N-methyl/N-ethyl adjacent to an activating group) is 1. The maximum absolute atomic E-state index is 12.5. The lowest BCUT2D eigenvalue weighted by molar-refractivity contribution is -0.135. The zero-order valence-corrected chi connectivity index (χ0v) is 15.2. The van der Waals surface area contributed by atoms with Gasteiger partial charge in [-0.25, -0.2) is 0 Å². The summed E-state index contributed by atoms with van der Waals surface area (Å²) in [6.45, 7) is 6.62. The fourth-order valence-corrected chi connectivity index (χ4v) is 3.07. The van der Waals surface area contributed by atoms with Crippen LogP contribution in [0.25, 0.3) is 0 Å². The lowest BCUT2D eigenvalue weighted by atomic mass is 10.2. The summed E-state index contributed by atoms with van der Waals surface area (Å²) >= 11 is 0. The van der Waals surface area contributed by atoms with Crippen molar-refractivity contribution in [2.75, 3.05) is 40.9 Å². The van der Waals surface area contributed by atoms with Crippen molar-refractivity contribution in [3.63, 3.8) is 0 Å². The third-order valence-corrected chi connectivity index (χ3v) is 4.15. The van der Waals surface area contributed by atoms with Crippen LogP contribution >= 0.6 is 0 Å². The van der Waals surface area contributed by atoms with Gasteiger partial charge in [-0.2, -0.15) is 0 Å². The third-order valence-electron chi connectivity index (χ3n) is 4.15. The molecule has 1 heterocycles. The van der Waals surface area contributed by atoms with Gasteiger partial charge in [0.2, 0.25) is 5.91 Å². The monoisotopic (exact) mass is 336 g/mol. The Kier molecular flexibility index (Phi) is 6.45. The maximum atomic E-state index is 12.5. The van der Waals surface area contributed by atoms with Crippen molar-refractivity contribution in [1.29, 1.82) is 0 Å². The first-order valence-corrected chi connectivity index (χ1v) is 8.25. The second-order valence-electron chi connectivity index (χ2n) is 6.39. The number of rotatable bonds is 6. The van der Waals surface area contributed by atoms with Gasteiger partial charge in [0.05, 0.1) is 33.0 Å². The number of ether oxygens (including phenoxy) is 3. The van der Waals surface area contributed by atoms with Crippen molar-refractivity contribution >= 4 is 5.91 Å². The van der Waals surface area contributed by atoms with E-state index in [2.05, 4.69) is 4.90 Å². The van der Waals surface area contributed by atoms with Crippen molar-refractivity contribution in [2.24, 2.45) is 0 Å². The molecule has 0 aromatic heterocycles. The fraction of sp³-hybridized carbons (Fsp3) is 0.611. The van der Waals surface area contributed by atoms with E-state index >= 15 is 0 Å². The highest BCUT2D eigenvalue weighted by molar-refractivity contribution is 5.78. The van der Waals surface area contributed by atoms with Gasteiger partial charge in [-0.15, -0.1) is 0 Å². The molecule has 24 heavy (non-hydrogen) atoms. The quantitative estimate of drug-likeness (QED) is 0.792. The molecule has 2 unspecified atom stereocenters.